The van der Waals surface area contributed by atoms with Gasteiger partial charge in [0.25, 0.3) is 0 Å². The van der Waals surface area contributed by atoms with Crippen molar-refractivity contribution in [2.75, 3.05) is 33.2 Å². The summed E-state index contributed by atoms with van der Waals surface area (Å²) >= 11 is 0. The summed E-state index contributed by atoms with van der Waals surface area (Å²) in [6.45, 7) is 18.3. The second-order valence-corrected chi connectivity index (χ2v) is 19.7. The van der Waals surface area contributed by atoms with Crippen molar-refractivity contribution in [3.05, 3.63) is 24.3 Å². The van der Waals surface area contributed by atoms with Crippen LogP contribution in [0.15, 0.2) is 24.3 Å². The van der Waals surface area contributed by atoms with E-state index in [2.05, 4.69) is 39.3 Å². The molecule has 1 atom stereocenters. The summed E-state index contributed by atoms with van der Waals surface area (Å²) < 4.78 is 28.8. The van der Waals surface area contributed by atoms with Gasteiger partial charge in [0, 0.05) is 21.3 Å². The molecule has 0 spiro atoms. The Kier molecular flexibility index (Phi) is 15.4. The van der Waals surface area contributed by atoms with E-state index < -0.39 is 16.1 Å². The molecule has 0 amide bonds. The van der Waals surface area contributed by atoms with E-state index in [0.29, 0.717) is 31.3 Å². The van der Waals surface area contributed by atoms with E-state index in [1.54, 1.807) is 0 Å². The fourth-order valence-corrected chi connectivity index (χ4v) is 4.28. The highest BCUT2D eigenvalue weighted by Gasteiger charge is 2.28. The van der Waals surface area contributed by atoms with Crippen LogP contribution in [-0.4, -0.2) is 73.0 Å². The lowest BCUT2D eigenvalue weighted by Gasteiger charge is -2.28. The molecule has 0 aliphatic rings. The number of hydrogen-bond acceptors (Lipinski definition) is 7. The van der Waals surface area contributed by atoms with Crippen LogP contribution in [0.5, 0.6) is 11.5 Å². The second kappa shape index (κ2) is 15.9. The predicted octanol–water partition coefficient (Wildman–Crippen LogP) is 3.52. The molecule has 7 nitrogen and oxygen atoms in total. The Morgan fingerprint density at radius 3 is 1.93 bits per heavy atom. The molecule has 2 N–H and O–H groups in total. The molecule has 0 aromatic heterocycles. The summed E-state index contributed by atoms with van der Waals surface area (Å²) in [6.07, 6.45) is 0. The van der Waals surface area contributed by atoms with Gasteiger partial charge >= 0.3 is 7.69 Å². The standard InChI is InChI=1S/C20H38O5Si2.BH2O2/c1-8-22-20(27(5,6)7)24-14-13-23-18-11-9-10-12-19(18)25-17-21-15-16-26(2,3)4;2-1-3/h9-12,20H,8,13-17H2,1-7H3;2-3H. The Bertz CT molecular complexity index is 551. The summed E-state index contributed by atoms with van der Waals surface area (Å²) in [6, 6.07) is 8.78. The highest BCUT2D eigenvalue weighted by atomic mass is 28.3. The highest BCUT2D eigenvalue weighted by molar-refractivity contribution is 6.77. The van der Waals surface area contributed by atoms with Crippen LogP contribution in [0, 0.1) is 0 Å². The number of benzene rings is 1. The molecule has 1 unspecified atom stereocenters. The van der Waals surface area contributed by atoms with E-state index in [0.717, 1.165) is 12.7 Å². The molecule has 0 heterocycles. The Hall–Kier alpha value is -0.881. The number of ether oxygens (including phenoxy) is 5. The van der Waals surface area contributed by atoms with Crippen LogP contribution in [0.4, 0.5) is 0 Å². The van der Waals surface area contributed by atoms with Crippen molar-refractivity contribution in [1.82, 2.24) is 0 Å². The monoisotopic (exact) mass is 459 g/mol. The maximum atomic E-state index is 7.00. The average molecular weight is 460 g/mol. The Morgan fingerprint density at radius 2 is 1.43 bits per heavy atom. The molecule has 1 aromatic carbocycles. The van der Waals surface area contributed by atoms with E-state index in [1.807, 2.05) is 31.2 Å². The minimum absolute atomic E-state index is 0. The largest absolute Gasteiger partial charge is 0.487 e. The van der Waals surface area contributed by atoms with Crippen molar-refractivity contribution < 1.29 is 33.7 Å². The van der Waals surface area contributed by atoms with Crippen molar-refractivity contribution in [3.63, 3.8) is 0 Å². The van der Waals surface area contributed by atoms with Crippen LogP contribution in [-0.2, 0) is 14.2 Å². The number of para-hydroxylation sites is 2. The molecule has 10 heteroatoms. The lowest BCUT2D eigenvalue weighted by Crippen LogP contribution is -2.43. The van der Waals surface area contributed by atoms with Gasteiger partial charge in [-0.05, 0) is 25.1 Å². The molecule has 0 saturated carbocycles. The molecular formula is C20H40BO7Si2. The van der Waals surface area contributed by atoms with Crippen molar-refractivity contribution >= 4 is 23.8 Å². The molecule has 0 aliphatic heterocycles. The molecule has 1 radical (unpaired) electrons. The molecule has 0 fully saturated rings. The van der Waals surface area contributed by atoms with E-state index in [1.165, 1.54) is 0 Å². The highest BCUT2D eigenvalue weighted by Crippen LogP contribution is 2.26. The van der Waals surface area contributed by atoms with Crippen LogP contribution in [0.1, 0.15) is 6.92 Å². The van der Waals surface area contributed by atoms with Crippen molar-refractivity contribution in [3.8, 4) is 11.5 Å². The number of hydrogen-bond donors (Lipinski definition) is 2. The normalized spacial score (nSPS) is 12.6. The first-order chi connectivity index (χ1) is 14.0. The molecular weight excluding hydrogens is 419 g/mol. The van der Waals surface area contributed by atoms with Gasteiger partial charge in [-0.3, -0.25) is 0 Å². The van der Waals surface area contributed by atoms with Gasteiger partial charge in [0.2, 0.25) is 0 Å². The van der Waals surface area contributed by atoms with E-state index >= 15 is 0 Å². The van der Waals surface area contributed by atoms with Gasteiger partial charge in [-0.15, -0.1) is 0 Å². The predicted molar refractivity (Wildman–Crippen MR) is 126 cm³/mol. The summed E-state index contributed by atoms with van der Waals surface area (Å²) in [7, 11) is -2.60. The number of rotatable bonds is 14. The topological polar surface area (TPSA) is 86.6 Å². The van der Waals surface area contributed by atoms with Crippen LogP contribution in [0.2, 0.25) is 45.3 Å². The van der Waals surface area contributed by atoms with Gasteiger partial charge in [0.1, 0.15) is 20.6 Å². The SMILES string of the molecule is CCOC(OCCOc1ccccc1OCOCC[Si](C)(C)C)[Si](C)(C)C.O[B]O. The first kappa shape index (κ1) is 29.1. The smallest absolute Gasteiger partial charge is 0.482 e. The third-order valence-electron chi connectivity index (χ3n) is 3.78. The van der Waals surface area contributed by atoms with Crippen molar-refractivity contribution in [2.45, 2.75) is 58.2 Å². The van der Waals surface area contributed by atoms with Gasteiger partial charge in [-0.2, -0.15) is 0 Å². The fourth-order valence-electron chi connectivity index (χ4n) is 2.24. The summed E-state index contributed by atoms with van der Waals surface area (Å²) in [5.41, 5.74) is 0. The molecule has 30 heavy (non-hydrogen) atoms. The van der Waals surface area contributed by atoms with E-state index in [-0.39, 0.29) is 20.4 Å². The van der Waals surface area contributed by atoms with Gasteiger partial charge in [0.05, 0.1) is 6.61 Å². The van der Waals surface area contributed by atoms with Gasteiger partial charge in [0.15, 0.2) is 18.3 Å². The van der Waals surface area contributed by atoms with Crippen LogP contribution in [0.25, 0.3) is 0 Å². The maximum Gasteiger partial charge on any atom is 0.482 e. The Balaban J connectivity index is 0.00000263. The minimum atomic E-state index is -1.53. The zero-order chi connectivity index (χ0) is 23.0. The lowest BCUT2D eigenvalue weighted by atomic mass is 10.3. The van der Waals surface area contributed by atoms with E-state index in [4.69, 9.17) is 33.7 Å². The van der Waals surface area contributed by atoms with Gasteiger partial charge in [-0.25, -0.2) is 0 Å². The molecule has 1 aromatic rings. The van der Waals surface area contributed by atoms with Crippen LogP contribution < -0.4 is 9.47 Å². The fraction of sp³-hybridized carbons (Fsp3) is 0.700. The molecule has 0 bridgehead atoms. The summed E-state index contributed by atoms with van der Waals surface area (Å²) in [4.78, 5) is 0. The van der Waals surface area contributed by atoms with Crippen LogP contribution >= 0.6 is 0 Å². The Morgan fingerprint density at radius 1 is 0.867 bits per heavy atom. The van der Waals surface area contributed by atoms with Crippen LogP contribution in [0.3, 0.4) is 0 Å². The molecule has 173 valence electrons. The zero-order valence-corrected chi connectivity index (χ0v) is 21.6. The molecule has 1 rings (SSSR count). The van der Waals surface area contributed by atoms with Gasteiger partial charge in [-0.1, -0.05) is 51.4 Å². The average Bonchev–Trinajstić information content (AvgIpc) is 2.64. The third-order valence-corrected chi connectivity index (χ3v) is 7.23. The third kappa shape index (κ3) is 15.0. The Labute approximate surface area is 185 Å². The zero-order valence-electron chi connectivity index (χ0n) is 19.6. The maximum absolute atomic E-state index is 7.00. The summed E-state index contributed by atoms with van der Waals surface area (Å²) in [5.74, 6) is 1.28. The lowest BCUT2D eigenvalue weighted by molar-refractivity contribution is -0.0972. The first-order valence-electron chi connectivity index (χ1n) is 10.3. The molecule has 0 saturated heterocycles. The second-order valence-electron chi connectivity index (χ2n) is 8.92. The first-order valence-corrected chi connectivity index (χ1v) is 17.6. The molecule has 0 aliphatic carbocycles. The van der Waals surface area contributed by atoms with Crippen molar-refractivity contribution in [1.29, 1.82) is 0 Å². The van der Waals surface area contributed by atoms with Gasteiger partial charge < -0.3 is 33.7 Å². The van der Waals surface area contributed by atoms with Crippen molar-refractivity contribution in [2.24, 2.45) is 0 Å². The summed E-state index contributed by atoms with van der Waals surface area (Å²) in [5, 5.41) is 14.0. The van der Waals surface area contributed by atoms with E-state index in [9.17, 15) is 0 Å². The quantitative estimate of drug-likeness (QED) is 0.250. The minimum Gasteiger partial charge on any atom is -0.487 e.